The van der Waals surface area contributed by atoms with E-state index in [1.807, 2.05) is 0 Å². The fraction of sp³-hybridized carbons (Fsp3) is 0.938. The minimum Gasteiger partial charge on any atom is -0.355 e. The Morgan fingerprint density at radius 2 is 1.85 bits per heavy atom. The highest BCUT2D eigenvalue weighted by atomic mass is 16.1. The number of hydrogen-bond acceptors (Lipinski definition) is 3. The van der Waals surface area contributed by atoms with Gasteiger partial charge in [-0.2, -0.15) is 0 Å². The molecule has 0 saturated carbocycles. The van der Waals surface area contributed by atoms with Crippen LogP contribution in [0.5, 0.6) is 0 Å². The zero-order valence-corrected chi connectivity index (χ0v) is 13.7. The van der Waals surface area contributed by atoms with E-state index in [0.717, 1.165) is 32.5 Å². The third-order valence-electron chi connectivity index (χ3n) is 4.70. The summed E-state index contributed by atoms with van der Waals surface area (Å²) in [5.41, 5.74) is 0. The molecule has 1 saturated heterocycles. The van der Waals surface area contributed by atoms with Crippen molar-refractivity contribution >= 4 is 5.91 Å². The number of likely N-dealkylation sites (N-methyl/N-ethyl adjacent to an activating group) is 1. The summed E-state index contributed by atoms with van der Waals surface area (Å²) in [6.45, 7) is 7.38. The number of carbonyl (C=O) groups excluding carboxylic acids is 1. The molecule has 1 heterocycles. The zero-order chi connectivity index (χ0) is 15.0. The molecule has 2 N–H and O–H groups in total. The molecule has 0 aliphatic carbocycles. The SMILES string of the molecule is CCC(CC)C(CNC(=O)CC1CCNCC1)N(C)C. The number of nitrogens with one attached hydrogen (secondary N) is 2. The molecule has 118 valence electrons. The summed E-state index contributed by atoms with van der Waals surface area (Å²) in [6, 6.07) is 0.446. The Bertz CT molecular complexity index is 271. The van der Waals surface area contributed by atoms with Crippen LogP contribution in [0.2, 0.25) is 0 Å². The average molecular weight is 283 g/mol. The Kier molecular flexibility index (Phi) is 8.15. The van der Waals surface area contributed by atoms with Crippen molar-refractivity contribution in [2.75, 3.05) is 33.7 Å². The van der Waals surface area contributed by atoms with Crippen molar-refractivity contribution in [3.63, 3.8) is 0 Å². The van der Waals surface area contributed by atoms with Crippen LogP contribution in [-0.4, -0.2) is 50.6 Å². The molecule has 0 aromatic heterocycles. The first-order valence-electron chi connectivity index (χ1n) is 8.22. The summed E-state index contributed by atoms with van der Waals surface area (Å²) in [4.78, 5) is 14.3. The van der Waals surface area contributed by atoms with Crippen molar-refractivity contribution < 1.29 is 4.79 Å². The molecule has 1 unspecified atom stereocenters. The van der Waals surface area contributed by atoms with E-state index in [0.29, 0.717) is 24.3 Å². The maximum absolute atomic E-state index is 12.1. The zero-order valence-electron chi connectivity index (χ0n) is 13.7. The third-order valence-corrected chi connectivity index (χ3v) is 4.70. The summed E-state index contributed by atoms with van der Waals surface area (Å²) in [5, 5.41) is 6.50. The van der Waals surface area contributed by atoms with Crippen LogP contribution in [-0.2, 0) is 4.79 Å². The summed E-state index contributed by atoms with van der Waals surface area (Å²) in [7, 11) is 4.23. The van der Waals surface area contributed by atoms with Gasteiger partial charge in [-0.1, -0.05) is 26.7 Å². The van der Waals surface area contributed by atoms with Gasteiger partial charge in [-0.05, 0) is 51.9 Å². The fourth-order valence-corrected chi connectivity index (χ4v) is 3.24. The first-order chi connectivity index (χ1) is 9.58. The molecule has 1 atom stereocenters. The number of amides is 1. The van der Waals surface area contributed by atoms with Crippen molar-refractivity contribution in [2.45, 2.75) is 52.0 Å². The van der Waals surface area contributed by atoms with Crippen LogP contribution in [0.3, 0.4) is 0 Å². The molecule has 1 rings (SSSR count). The van der Waals surface area contributed by atoms with Crippen LogP contribution in [0.15, 0.2) is 0 Å². The lowest BCUT2D eigenvalue weighted by Crippen LogP contribution is -2.45. The maximum atomic E-state index is 12.1. The van der Waals surface area contributed by atoms with Gasteiger partial charge in [-0.3, -0.25) is 4.79 Å². The van der Waals surface area contributed by atoms with E-state index in [4.69, 9.17) is 0 Å². The molecule has 0 spiro atoms. The van der Waals surface area contributed by atoms with E-state index >= 15 is 0 Å². The summed E-state index contributed by atoms with van der Waals surface area (Å²) in [6.07, 6.45) is 5.31. The Morgan fingerprint density at radius 1 is 1.25 bits per heavy atom. The van der Waals surface area contributed by atoms with Gasteiger partial charge in [0, 0.05) is 19.0 Å². The molecule has 4 nitrogen and oxygen atoms in total. The molecule has 0 bridgehead atoms. The van der Waals surface area contributed by atoms with E-state index in [-0.39, 0.29) is 5.91 Å². The van der Waals surface area contributed by atoms with E-state index in [2.05, 4.69) is 43.5 Å². The lowest BCUT2D eigenvalue weighted by atomic mass is 9.92. The van der Waals surface area contributed by atoms with Crippen molar-refractivity contribution in [3.05, 3.63) is 0 Å². The highest BCUT2D eigenvalue weighted by molar-refractivity contribution is 5.76. The van der Waals surface area contributed by atoms with E-state index < -0.39 is 0 Å². The number of carbonyl (C=O) groups is 1. The van der Waals surface area contributed by atoms with Gasteiger partial charge >= 0.3 is 0 Å². The summed E-state index contributed by atoms with van der Waals surface area (Å²) >= 11 is 0. The fourth-order valence-electron chi connectivity index (χ4n) is 3.24. The van der Waals surface area contributed by atoms with E-state index in [1.54, 1.807) is 0 Å². The van der Waals surface area contributed by atoms with Crippen LogP contribution in [0.25, 0.3) is 0 Å². The van der Waals surface area contributed by atoms with Crippen LogP contribution in [0.4, 0.5) is 0 Å². The minimum absolute atomic E-state index is 0.231. The normalized spacial score (nSPS) is 18.5. The number of piperidine rings is 1. The second-order valence-corrected chi connectivity index (χ2v) is 6.31. The highest BCUT2D eigenvalue weighted by Gasteiger charge is 2.22. The number of nitrogens with zero attached hydrogens (tertiary/aromatic N) is 1. The predicted octanol–water partition coefficient (Wildman–Crippen LogP) is 1.86. The molecule has 20 heavy (non-hydrogen) atoms. The molecule has 1 aliphatic rings. The van der Waals surface area contributed by atoms with Crippen LogP contribution in [0.1, 0.15) is 46.0 Å². The molecule has 0 radical (unpaired) electrons. The van der Waals surface area contributed by atoms with Crippen LogP contribution in [0, 0.1) is 11.8 Å². The Balaban J connectivity index is 2.36. The van der Waals surface area contributed by atoms with Crippen molar-refractivity contribution in [1.29, 1.82) is 0 Å². The van der Waals surface area contributed by atoms with Crippen LogP contribution < -0.4 is 10.6 Å². The highest BCUT2D eigenvalue weighted by Crippen LogP contribution is 2.18. The molecule has 0 aromatic rings. The molecule has 0 aromatic carbocycles. The van der Waals surface area contributed by atoms with Gasteiger partial charge in [0.25, 0.3) is 0 Å². The van der Waals surface area contributed by atoms with Gasteiger partial charge < -0.3 is 15.5 Å². The monoisotopic (exact) mass is 283 g/mol. The smallest absolute Gasteiger partial charge is 0.220 e. The second kappa shape index (κ2) is 9.35. The van der Waals surface area contributed by atoms with Gasteiger partial charge in [0.05, 0.1) is 0 Å². The predicted molar refractivity (Wildman–Crippen MR) is 84.8 cm³/mol. The summed E-state index contributed by atoms with van der Waals surface area (Å²) < 4.78 is 0. The number of rotatable bonds is 8. The third kappa shape index (κ3) is 5.80. The maximum Gasteiger partial charge on any atom is 0.220 e. The minimum atomic E-state index is 0.231. The molecule has 1 aliphatic heterocycles. The van der Waals surface area contributed by atoms with Gasteiger partial charge in [-0.25, -0.2) is 0 Å². The van der Waals surface area contributed by atoms with Crippen molar-refractivity contribution in [1.82, 2.24) is 15.5 Å². The Morgan fingerprint density at radius 3 is 2.35 bits per heavy atom. The largest absolute Gasteiger partial charge is 0.355 e. The summed E-state index contributed by atoms with van der Waals surface area (Å²) in [5.74, 6) is 1.46. The Labute approximate surface area is 124 Å². The first kappa shape index (κ1) is 17.4. The second-order valence-electron chi connectivity index (χ2n) is 6.31. The Hall–Kier alpha value is -0.610. The van der Waals surface area contributed by atoms with E-state index in [1.165, 1.54) is 12.8 Å². The first-order valence-corrected chi connectivity index (χ1v) is 8.22. The molecule has 1 amide bonds. The standard InChI is InChI=1S/C16H33N3O/c1-5-14(6-2)15(19(3)4)12-18-16(20)11-13-7-9-17-10-8-13/h13-15,17H,5-12H2,1-4H3,(H,18,20). The lowest BCUT2D eigenvalue weighted by Gasteiger charge is -2.31. The lowest BCUT2D eigenvalue weighted by molar-refractivity contribution is -0.122. The average Bonchev–Trinajstić information content (AvgIpc) is 2.44. The van der Waals surface area contributed by atoms with Crippen LogP contribution >= 0.6 is 0 Å². The van der Waals surface area contributed by atoms with E-state index in [9.17, 15) is 4.79 Å². The molecular formula is C16H33N3O. The van der Waals surface area contributed by atoms with Crippen molar-refractivity contribution in [3.8, 4) is 0 Å². The topological polar surface area (TPSA) is 44.4 Å². The van der Waals surface area contributed by atoms with Gasteiger partial charge in [-0.15, -0.1) is 0 Å². The molecule has 1 fully saturated rings. The van der Waals surface area contributed by atoms with Gasteiger partial charge in [0.1, 0.15) is 0 Å². The molecular weight excluding hydrogens is 250 g/mol. The van der Waals surface area contributed by atoms with Gasteiger partial charge in [0.2, 0.25) is 5.91 Å². The van der Waals surface area contributed by atoms with Crippen molar-refractivity contribution in [2.24, 2.45) is 11.8 Å². The number of hydrogen-bond donors (Lipinski definition) is 2. The molecule has 4 heteroatoms. The quantitative estimate of drug-likeness (QED) is 0.714. The van der Waals surface area contributed by atoms with Gasteiger partial charge in [0.15, 0.2) is 0 Å².